The van der Waals surface area contributed by atoms with Gasteiger partial charge in [0.2, 0.25) is 0 Å². The average Bonchev–Trinajstić information content (AvgIpc) is 2.84. The lowest BCUT2D eigenvalue weighted by atomic mass is 10.1. The van der Waals surface area contributed by atoms with Gasteiger partial charge in [-0.15, -0.1) is 11.3 Å². The van der Waals surface area contributed by atoms with Gasteiger partial charge in [-0.2, -0.15) is 13.2 Å². The summed E-state index contributed by atoms with van der Waals surface area (Å²) in [5.41, 5.74) is 1.09. The van der Waals surface area contributed by atoms with Crippen LogP contribution in [0.15, 0.2) is 24.5 Å². The smallest absolute Gasteiger partial charge is 0.289 e. The zero-order valence-electron chi connectivity index (χ0n) is 10.3. The maximum atomic E-state index is 12.7. The molecule has 0 spiro atoms. The first-order chi connectivity index (χ1) is 8.88. The van der Waals surface area contributed by atoms with Crippen LogP contribution in [0.5, 0.6) is 0 Å². The Hall–Kier alpha value is -1.56. The van der Waals surface area contributed by atoms with Crippen molar-refractivity contribution in [2.45, 2.75) is 25.9 Å². The van der Waals surface area contributed by atoms with Crippen molar-refractivity contribution >= 4 is 26.4 Å². The number of nitrogens with zero attached hydrogens (tertiary/aromatic N) is 2. The highest BCUT2D eigenvalue weighted by Crippen LogP contribution is 2.36. The molecule has 0 aliphatic heterocycles. The molecule has 0 radical (unpaired) electrons. The fraction of sp³-hybridized carbons (Fsp3) is 0.308. The first-order valence-corrected chi connectivity index (χ1v) is 6.66. The fourth-order valence-corrected chi connectivity index (χ4v) is 3.40. The van der Waals surface area contributed by atoms with Crippen molar-refractivity contribution in [3.8, 4) is 0 Å². The third-order valence-corrected chi connectivity index (χ3v) is 4.20. The summed E-state index contributed by atoms with van der Waals surface area (Å²) in [5.74, 6) is 0.250. The van der Waals surface area contributed by atoms with E-state index in [0.717, 1.165) is 22.1 Å². The van der Waals surface area contributed by atoms with Crippen LogP contribution >= 0.6 is 11.3 Å². The Labute approximate surface area is 111 Å². The van der Waals surface area contributed by atoms with Crippen molar-refractivity contribution < 1.29 is 13.2 Å². The summed E-state index contributed by atoms with van der Waals surface area (Å²) in [6.07, 6.45) is -2.62. The summed E-state index contributed by atoms with van der Waals surface area (Å²) >= 11 is 1.35. The monoisotopic (exact) mass is 284 g/mol. The molecule has 19 heavy (non-hydrogen) atoms. The molecule has 0 saturated carbocycles. The lowest BCUT2D eigenvalue weighted by molar-refractivity contribution is -0.137. The minimum Gasteiger partial charge on any atom is -0.289 e. The summed E-state index contributed by atoms with van der Waals surface area (Å²) in [4.78, 5) is 5.25. The van der Waals surface area contributed by atoms with Gasteiger partial charge in [-0.25, -0.2) is 4.98 Å². The second-order valence-electron chi connectivity index (χ2n) is 4.74. The van der Waals surface area contributed by atoms with Crippen LogP contribution in [0.1, 0.15) is 31.0 Å². The third-order valence-electron chi connectivity index (χ3n) is 3.05. The normalized spacial score (nSPS) is 12.9. The van der Waals surface area contributed by atoms with Gasteiger partial charge >= 0.3 is 6.18 Å². The van der Waals surface area contributed by atoms with Crippen LogP contribution in [0, 0.1) is 0 Å². The van der Waals surface area contributed by atoms with Crippen molar-refractivity contribution in [1.29, 1.82) is 0 Å². The first kappa shape index (κ1) is 12.5. The molecule has 0 amide bonds. The quantitative estimate of drug-likeness (QED) is 0.633. The van der Waals surface area contributed by atoms with Crippen molar-refractivity contribution in [2.24, 2.45) is 0 Å². The zero-order valence-corrected chi connectivity index (χ0v) is 11.1. The van der Waals surface area contributed by atoms with Crippen molar-refractivity contribution in [3.05, 3.63) is 35.8 Å². The van der Waals surface area contributed by atoms with Crippen LogP contribution in [-0.4, -0.2) is 9.38 Å². The summed E-state index contributed by atoms with van der Waals surface area (Å²) in [7, 11) is 0. The molecule has 0 aliphatic carbocycles. The molecule has 0 aliphatic rings. The molecule has 0 saturated heterocycles. The standard InChI is InChI=1S/C13H11F3N2S/c1-7(2)11-12-18(6-17-11)9-4-3-8(13(14,15)16)5-10(9)19-12/h3-7H,1-2H3. The number of halogens is 3. The average molecular weight is 284 g/mol. The maximum Gasteiger partial charge on any atom is 0.416 e. The molecule has 3 rings (SSSR count). The van der Waals surface area contributed by atoms with Crippen molar-refractivity contribution in [3.63, 3.8) is 0 Å². The molecule has 0 N–H and O–H groups in total. The predicted octanol–water partition coefficient (Wildman–Crippen LogP) is 4.69. The highest BCUT2D eigenvalue weighted by atomic mass is 32.1. The number of hydrogen-bond donors (Lipinski definition) is 0. The van der Waals surface area contributed by atoms with Gasteiger partial charge in [0, 0.05) is 0 Å². The number of hydrogen-bond acceptors (Lipinski definition) is 2. The maximum absolute atomic E-state index is 12.7. The highest BCUT2D eigenvalue weighted by Gasteiger charge is 2.31. The highest BCUT2D eigenvalue weighted by molar-refractivity contribution is 7.24. The Morgan fingerprint density at radius 1 is 1.26 bits per heavy atom. The molecule has 2 aromatic heterocycles. The fourth-order valence-electron chi connectivity index (χ4n) is 2.10. The zero-order chi connectivity index (χ0) is 13.8. The third kappa shape index (κ3) is 1.90. The van der Waals surface area contributed by atoms with Crippen LogP contribution in [-0.2, 0) is 6.18 Å². The second kappa shape index (κ2) is 3.96. The van der Waals surface area contributed by atoms with Crippen molar-refractivity contribution in [1.82, 2.24) is 9.38 Å². The first-order valence-electron chi connectivity index (χ1n) is 5.84. The minimum absolute atomic E-state index is 0.250. The summed E-state index contributed by atoms with van der Waals surface area (Å²) in [6.45, 7) is 4.04. The van der Waals surface area contributed by atoms with Gasteiger partial charge in [0.1, 0.15) is 11.2 Å². The van der Waals surface area contributed by atoms with Gasteiger partial charge in [-0.05, 0) is 24.1 Å². The van der Waals surface area contributed by atoms with E-state index in [1.165, 1.54) is 23.5 Å². The lowest BCUT2D eigenvalue weighted by Crippen LogP contribution is -2.03. The van der Waals surface area contributed by atoms with E-state index in [1.807, 2.05) is 18.2 Å². The molecule has 3 aromatic rings. The van der Waals surface area contributed by atoms with E-state index in [9.17, 15) is 13.2 Å². The number of aromatic nitrogens is 2. The number of alkyl halides is 3. The van der Waals surface area contributed by atoms with Gasteiger partial charge < -0.3 is 0 Å². The largest absolute Gasteiger partial charge is 0.416 e. The minimum atomic E-state index is -4.30. The van der Waals surface area contributed by atoms with Crippen LogP contribution < -0.4 is 0 Å². The van der Waals surface area contributed by atoms with Crippen LogP contribution in [0.25, 0.3) is 15.0 Å². The van der Waals surface area contributed by atoms with Gasteiger partial charge in [-0.1, -0.05) is 13.8 Å². The summed E-state index contributed by atoms with van der Waals surface area (Å²) < 4.78 is 40.6. The van der Waals surface area contributed by atoms with E-state index >= 15 is 0 Å². The molecule has 2 nitrogen and oxygen atoms in total. The molecular formula is C13H11F3N2S. The molecule has 0 fully saturated rings. The number of imidazole rings is 1. The Bertz CT molecular complexity index is 752. The van der Waals surface area contributed by atoms with Crippen molar-refractivity contribution in [2.75, 3.05) is 0 Å². The molecule has 100 valence electrons. The summed E-state index contributed by atoms with van der Waals surface area (Å²) in [5, 5.41) is 0. The van der Waals surface area contributed by atoms with Gasteiger partial charge in [0.25, 0.3) is 0 Å². The number of fused-ring (bicyclic) bond motifs is 3. The van der Waals surface area contributed by atoms with Crippen LogP contribution in [0.3, 0.4) is 0 Å². The molecule has 0 unspecified atom stereocenters. The van der Waals surface area contributed by atoms with Gasteiger partial charge in [0.15, 0.2) is 0 Å². The van der Waals surface area contributed by atoms with E-state index in [4.69, 9.17) is 0 Å². The number of benzene rings is 1. The predicted molar refractivity (Wildman–Crippen MR) is 69.7 cm³/mol. The number of rotatable bonds is 1. The molecule has 0 atom stereocenters. The van der Waals surface area contributed by atoms with Crippen LogP contribution in [0.2, 0.25) is 0 Å². The molecule has 2 heterocycles. The van der Waals surface area contributed by atoms with E-state index in [-0.39, 0.29) is 5.92 Å². The molecule has 0 bridgehead atoms. The van der Waals surface area contributed by atoms with Gasteiger partial charge in [-0.3, -0.25) is 4.40 Å². The molecular weight excluding hydrogens is 273 g/mol. The molecule has 6 heteroatoms. The summed E-state index contributed by atoms with van der Waals surface area (Å²) in [6, 6.07) is 3.83. The van der Waals surface area contributed by atoms with E-state index in [2.05, 4.69) is 4.98 Å². The Balaban J connectivity index is 2.28. The number of thiazole rings is 1. The topological polar surface area (TPSA) is 17.3 Å². The Morgan fingerprint density at radius 3 is 2.63 bits per heavy atom. The van der Waals surface area contributed by atoms with Gasteiger partial charge in [0.05, 0.1) is 21.5 Å². The molecule has 1 aromatic carbocycles. The second-order valence-corrected chi connectivity index (χ2v) is 5.77. The SMILES string of the molecule is CC(C)c1ncn2c1sc1cc(C(F)(F)F)ccc12. The van der Waals surface area contributed by atoms with Crippen LogP contribution in [0.4, 0.5) is 13.2 Å². The van der Waals surface area contributed by atoms with E-state index < -0.39 is 11.7 Å². The Morgan fingerprint density at radius 2 is 2.00 bits per heavy atom. The van der Waals surface area contributed by atoms with E-state index in [0.29, 0.717) is 4.70 Å². The van der Waals surface area contributed by atoms with E-state index in [1.54, 1.807) is 6.33 Å². The Kier molecular flexibility index (Phi) is 2.60. The lowest BCUT2D eigenvalue weighted by Gasteiger charge is -2.05.